The van der Waals surface area contributed by atoms with Gasteiger partial charge in [-0.25, -0.2) is 14.4 Å². The first-order valence-electron chi connectivity index (χ1n) is 9.97. The third kappa shape index (κ3) is 5.14. The Morgan fingerprint density at radius 2 is 1.48 bits per heavy atom. The molecule has 1 N–H and O–H groups in total. The van der Waals surface area contributed by atoms with Gasteiger partial charge < -0.3 is 24.4 Å². The predicted octanol–water partition coefficient (Wildman–Crippen LogP) is 3.68. The molecule has 1 aliphatic rings. The molecular formula is C23H26N2O6. The number of piperidine rings is 1. The second-order valence-electron chi connectivity index (χ2n) is 7.22. The highest BCUT2D eigenvalue weighted by molar-refractivity contribution is 5.99. The van der Waals surface area contributed by atoms with E-state index >= 15 is 0 Å². The van der Waals surface area contributed by atoms with Gasteiger partial charge in [0.15, 0.2) is 0 Å². The lowest BCUT2D eigenvalue weighted by atomic mass is 9.89. The van der Waals surface area contributed by atoms with Crippen molar-refractivity contribution in [2.45, 2.75) is 18.8 Å². The molecule has 1 saturated heterocycles. The number of likely N-dealkylation sites (tertiary alicyclic amines) is 1. The lowest BCUT2D eigenvalue weighted by molar-refractivity contribution is 0.0599. The molecule has 0 bridgehead atoms. The number of esters is 2. The van der Waals surface area contributed by atoms with Gasteiger partial charge in [0.25, 0.3) is 0 Å². The fraction of sp³-hybridized carbons (Fsp3) is 0.348. The topological polar surface area (TPSA) is 94.2 Å². The molecule has 0 aromatic heterocycles. The molecule has 0 radical (unpaired) electrons. The highest BCUT2D eigenvalue weighted by Crippen LogP contribution is 2.34. The van der Waals surface area contributed by atoms with Crippen LogP contribution in [0.25, 0.3) is 0 Å². The number of hydrogen-bond donors (Lipinski definition) is 1. The number of para-hydroxylation sites is 1. The van der Waals surface area contributed by atoms with Crippen LogP contribution in [-0.2, 0) is 9.47 Å². The standard InChI is InChI=1S/C23H26N2O6/c1-29-20-7-5-4-6-19(20)15-8-10-25(11-9-15)23(28)24-18-13-16(21(26)30-2)12-17(14-18)22(27)31-3/h4-7,12-15H,8-11H2,1-3H3,(H,24,28). The normalized spacial score (nSPS) is 14.0. The molecule has 0 unspecified atom stereocenters. The number of carbonyl (C=O) groups excluding carboxylic acids is 3. The highest BCUT2D eigenvalue weighted by Gasteiger charge is 2.26. The number of nitrogens with one attached hydrogen (secondary N) is 1. The van der Waals surface area contributed by atoms with Crippen molar-refractivity contribution < 1.29 is 28.6 Å². The molecule has 8 heteroatoms. The van der Waals surface area contributed by atoms with Crippen molar-refractivity contribution in [2.24, 2.45) is 0 Å². The first kappa shape index (κ1) is 22.1. The van der Waals surface area contributed by atoms with E-state index in [1.165, 1.54) is 32.4 Å². The van der Waals surface area contributed by atoms with Crippen LogP contribution in [0.2, 0.25) is 0 Å². The van der Waals surface area contributed by atoms with Crippen molar-refractivity contribution in [1.82, 2.24) is 4.90 Å². The van der Waals surface area contributed by atoms with Gasteiger partial charge in [-0.15, -0.1) is 0 Å². The molecule has 2 aromatic rings. The summed E-state index contributed by atoms with van der Waals surface area (Å²) in [5, 5.41) is 2.77. The van der Waals surface area contributed by atoms with Crippen molar-refractivity contribution in [2.75, 3.05) is 39.7 Å². The van der Waals surface area contributed by atoms with E-state index in [0.29, 0.717) is 24.7 Å². The lowest BCUT2D eigenvalue weighted by Crippen LogP contribution is -2.40. The molecular weight excluding hydrogens is 400 g/mol. The van der Waals surface area contributed by atoms with Gasteiger partial charge in [-0.05, 0) is 48.6 Å². The summed E-state index contributed by atoms with van der Waals surface area (Å²) in [5.74, 6) is -0.0492. The Hall–Kier alpha value is -3.55. The molecule has 0 spiro atoms. The smallest absolute Gasteiger partial charge is 0.337 e. The number of ether oxygens (including phenoxy) is 3. The zero-order chi connectivity index (χ0) is 22.4. The van der Waals surface area contributed by atoms with Gasteiger partial charge in [-0.3, -0.25) is 0 Å². The lowest BCUT2D eigenvalue weighted by Gasteiger charge is -2.32. The van der Waals surface area contributed by atoms with Crippen LogP contribution < -0.4 is 10.1 Å². The number of anilines is 1. The minimum absolute atomic E-state index is 0.149. The first-order valence-corrected chi connectivity index (χ1v) is 9.97. The summed E-state index contributed by atoms with van der Waals surface area (Å²) in [4.78, 5) is 38.4. The van der Waals surface area contributed by atoms with Gasteiger partial charge in [-0.1, -0.05) is 18.2 Å². The van der Waals surface area contributed by atoms with E-state index in [4.69, 9.17) is 14.2 Å². The summed E-state index contributed by atoms with van der Waals surface area (Å²) in [6.45, 7) is 1.16. The molecule has 2 aromatic carbocycles. The Bertz CT molecular complexity index is 932. The molecule has 1 aliphatic heterocycles. The van der Waals surface area contributed by atoms with Crippen LogP contribution in [0.4, 0.5) is 10.5 Å². The Kier molecular flexibility index (Phi) is 7.12. The first-order chi connectivity index (χ1) is 15.0. The van der Waals surface area contributed by atoms with Crippen molar-refractivity contribution in [3.63, 3.8) is 0 Å². The van der Waals surface area contributed by atoms with Crippen LogP contribution in [0.3, 0.4) is 0 Å². The number of rotatable bonds is 5. The Balaban J connectivity index is 1.69. The van der Waals surface area contributed by atoms with Crippen LogP contribution >= 0.6 is 0 Å². The van der Waals surface area contributed by atoms with Crippen molar-refractivity contribution in [3.8, 4) is 5.75 Å². The molecule has 1 fully saturated rings. The van der Waals surface area contributed by atoms with Crippen molar-refractivity contribution >= 4 is 23.7 Å². The van der Waals surface area contributed by atoms with E-state index in [-0.39, 0.29) is 17.2 Å². The fourth-order valence-corrected chi connectivity index (χ4v) is 3.77. The Morgan fingerprint density at radius 1 is 0.903 bits per heavy atom. The van der Waals surface area contributed by atoms with E-state index in [2.05, 4.69) is 11.4 Å². The van der Waals surface area contributed by atoms with Crippen LogP contribution in [-0.4, -0.2) is 57.3 Å². The van der Waals surface area contributed by atoms with Crippen molar-refractivity contribution in [1.29, 1.82) is 0 Å². The largest absolute Gasteiger partial charge is 0.496 e. The number of carbonyl (C=O) groups is 3. The SMILES string of the molecule is COC(=O)c1cc(NC(=O)N2CCC(c3ccccc3OC)CC2)cc(C(=O)OC)c1. The van der Waals surface area contributed by atoms with Crippen LogP contribution in [0.1, 0.15) is 45.0 Å². The number of urea groups is 1. The summed E-state index contributed by atoms with van der Waals surface area (Å²) < 4.78 is 14.9. The van der Waals surface area contributed by atoms with E-state index in [0.717, 1.165) is 24.2 Å². The Morgan fingerprint density at radius 3 is 2.03 bits per heavy atom. The summed E-state index contributed by atoms with van der Waals surface area (Å²) >= 11 is 0. The van der Waals surface area contributed by atoms with Crippen LogP contribution in [0.5, 0.6) is 5.75 Å². The third-order valence-electron chi connectivity index (χ3n) is 5.39. The molecule has 0 saturated carbocycles. The number of benzene rings is 2. The van der Waals surface area contributed by atoms with Crippen LogP contribution in [0, 0.1) is 0 Å². The second-order valence-corrected chi connectivity index (χ2v) is 7.22. The molecule has 3 rings (SSSR count). The van der Waals surface area contributed by atoms with Gasteiger partial charge in [-0.2, -0.15) is 0 Å². The zero-order valence-electron chi connectivity index (χ0n) is 17.8. The average Bonchev–Trinajstić information content (AvgIpc) is 2.82. The number of methoxy groups -OCH3 is 3. The maximum absolute atomic E-state index is 12.8. The third-order valence-corrected chi connectivity index (χ3v) is 5.39. The van der Waals surface area contributed by atoms with Crippen LogP contribution in [0.15, 0.2) is 42.5 Å². The predicted molar refractivity (Wildman–Crippen MR) is 115 cm³/mol. The molecule has 0 aliphatic carbocycles. The highest BCUT2D eigenvalue weighted by atomic mass is 16.5. The molecule has 31 heavy (non-hydrogen) atoms. The Labute approximate surface area is 181 Å². The maximum atomic E-state index is 12.8. The molecule has 164 valence electrons. The number of amides is 2. The average molecular weight is 426 g/mol. The van der Waals surface area contributed by atoms with Gasteiger partial charge in [0.1, 0.15) is 5.75 Å². The minimum atomic E-state index is -0.612. The monoisotopic (exact) mass is 426 g/mol. The van der Waals surface area contributed by atoms with E-state index < -0.39 is 11.9 Å². The molecule has 2 amide bonds. The quantitative estimate of drug-likeness (QED) is 0.733. The molecule has 0 atom stereocenters. The van der Waals surface area contributed by atoms with E-state index in [1.54, 1.807) is 12.0 Å². The fourth-order valence-electron chi connectivity index (χ4n) is 3.77. The second kappa shape index (κ2) is 9.97. The van der Waals surface area contributed by atoms with E-state index in [9.17, 15) is 14.4 Å². The van der Waals surface area contributed by atoms with Crippen molar-refractivity contribution in [3.05, 3.63) is 59.2 Å². The molecule has 8 nitrogen and oxygen atoms in total. The van der Waals surface area contributed by atoms with Gasteiger partial charge in [0.2, 0.25) is 0 Å². The molecule has 1 heterocycles. The van der Waals surface area contributed by atoms with Gasteiger partial charge >= 0.3 is 18.0 Å². The minimum Gasteiger partial charge on any atom is -0.496 e. The summed E-state index contributed by atoms with van der Waals surface area (Å²) in [6, 6.07) is 12.0. The zero-order valence-corrected chi connectivity index (χ0v) is 17.8. The maximum Gasteiger partial charge on any atom is 0.337 e. The van der Waals surface area contributed by atoms with E-state index in [1.807, 2.05) is 18.2 Å². The van der Waals surface area contributed by atoms with Gasteiger partial charge in [0.05, 0.1) is 32.5 Å². The summed E-state index contributed by atoms with van der Waals surface area (Å²) in [7, 11) is 4.15. The van der Waals surface area contributed by atoms with Gasteiger partial charge in [0, 0.05) is 18.8 Å². The number of hydrogen-bond acceptors (Lipinski definition) is 6. The summed E-state index contributed by atoms with van der Waals surface area (Å²) in [6.07, 6.45) is 1.62. The summed E-state index contributed by atoms with van der Waals surface area (Å²) in [5.41, 5.74) is 1.77. The number of nitrogens with zero attached hydrogens (tertiary/aromatic N) is 1.